The van der Waals surface area contributed by atoms with Crippen molar-refractivity contribution in [3.05, 3.63) is 59.7 Å². The molecule has 0 aliphatic heterocycles. The first-order valence-corrected chi connectivity index (χ1v) is 11.0. The number of rotatable bonds is 10. The van der Waals surface area contributed by atoms with Crippen LogP contribution in [0, 0.1) is 11.8 Å². The predicted molar refractivity (Wildman–Crippen MR) is 123 cm³/mol. The molecule has 0 bridgehead atoms. The average Bonchev–Trinajstić information content (AvgIpc) is 3.12. The highest BCUT2D eigenvalue weighted by Crippen LogP contribution is 2.44. The van der Waals surface area contributed by atoms with Crippen molar-refractivity contribution >= 4 is 18.0 Å². The summed E-state index contributed by atoms with van der Waals surface area (Å²) in [6.07, 6.45) is -0.549. The Morgan fingerprint density at radius 2 is 1.58 bits per heavy atom. The lowest BCUT2D eigenvalue weighted by molar-refractivity contribution is -0.143. The van der Waals surface area contributed by atoms with Gasteiger partial charge in [0.1, 0.15) is 12.6 Å². The van der Waals surface area contributed by atoms with Gasteiger partial charge < -0.3 is 25.6 Å². The molecular weight excluding hydrogens is 424 g/mol. The van der Waals surface area contributed by atoms with Crippen molar-refractivity contribution in [2.24, 2.45) is 11.8 Å². The maximum absolute atomic E-state index is 12.4. The molecule has 2 aromatic rings. The van der Waals surface area contributed by atoms with Gasteiger partial charge in [0.2, 0.25) is 5.91 Å². The lowest BCUT2D eigenvalue weighted by atomic mass is 9.92. The molecular formula is C25H30N2O6. The van der Waals surface area contributed by atoms with Gasteiger partial charge in [0.05, 0.1) is 6.61 Å². The van der Waals surface area contributed by atoms with Crippen LogP contribution in [0.15, 0.2) is 48.5 Å². The summed E-state index contributed by atoms with van der Waals surface area (Å²) in [6.45, 7) is 3.55. The van der Waals surface area contributed by atoms with E-state index in [2.05, 4.69) is 22.8 Å². The Labute approximate surface area is 193 Å². The van der Waals surface area contributed by atoms with Crippen LogP contribution < -0.4 is 10.6 Å². The van der Waals surface area contributed by atoms with E-state index in [4.69, 9.17) is 14.9 Å². The number of alkyl carbamates (subject to hydrolysis) is 1. The Hall–Kier alpha value is -3.39. The number of carboxylic acid groups (broad SMARTS) is 1. The monoisotopic (exact) mass is 454 g/mol. The van der Waals surface area contributed by atoms with Crippen molar-refractivity contribution < 1.29 is 29.3 Å². The first-order chi connectivity index (χ1) is 15.8. The minimum Gasteiger partial charge on any atom is -0.480 e. The Bertz CT molecular complexity index is 960. The molecule has 8 nitrogen and oxygen atoms in total. The van der Waals surface area contributed by atoms with E-state index in [1.807, 2.05) is 50.2 Å². The molecule has 1 aliphatic carbocycles. The zero-order chi connectivity index (χ0) is 24.0. The molecule has 176 valence electrons. The minimum absolute atomic E-state index is 0.0190. The van der Waals surface area contributed by atoms with Crippen LogP contribution >= 0.6 is 0 Å². The molecule has 0 heterocycles. The molecule has 3 rings (SSSR count). The summed E-state index contributed by atoms with van der Waals surface area (Å²) in [5.41, 5.74) is 4.55. The quantitative estimate of drug-likeness (QED) is 0.438. The van der Waals surface area contributed by atoms with Crippen molar-refractivity contribution in [2.45, 2.75) is 32.2 Å². The average molecular weight is 455 g/mol. The van der Waals surface area contributed by atoms with Crippen LogP contribution in [0.4, 0.5) is 4.79 Å². The second-order valence-electron chi connectivity index (χ2n) is 8.56. The van der Waals surface area contributed by atoms with E-state index >= 15 is 0 Å². The largest absolute Gasteiger partial charge is 0.480 e. The number of carbonyl (C=O) groups is 3. The fourth-order valence-corrected chi connectivity index (χ4v) is 4.08. The van der Waals surface area contributed by atoms with Crippen LogP contribution in [0.3, 0.4) is 0 Å². The van der Waals surface area contributed by atoms with E-state index in [1.165, 1.54) is 0 Å². The molecule has 0 saturated carbocycles. The molecule has 2 aromatic carbocycles. The standard InChI is InChI=1S/C25H30N2O6/c1-15(2)16(11-23(29)27-22(13-28)24(30)31)12-26-25(32)33-14-21-19-9-5-3-7-17(19)18-8-4-6-10-20(18)21/h3-10,15-16,21-22,28H,11-14H2,1-2H3,(H,26,32)(H,27,29)(H,30,31)/t16?,22-/m0/s1. The molecule has 0 aromatic heterocycles. The number of carboxylic acids is 1. The van der Waals surface area contributed by atoms with Gasteiger partial charge in [0.15, 0.2) is 0 Å². The van der Waals surface area contributed by atoms with E-state index in [-0.39, 0.29) is 37.3 Å². The number of benzene rings is 2. The maximum Gasteiger partial charge on any atom is 0.407 e. The Morgan fingerprint density at radius 1 is 1.00 bits per heavy atom. The molecule has 0 fully saturated rings. The van der Waals surface area contributed by atoms with Crippen LogP contribution in [0.5, 0.6) is 0 Å². The molecule has 0 spiro atoms. The van der Waals surface area contributed by atoms with E-state index in [0.717, 1.165) is 22.3 Å². The summed E-state index contributed by atoms with van der Waals surface area (Å²) < 4.78 is 5.53. The molecule has 33 heavy (non-hydrogen) atoms. The van der Waals surface area contributed by atoms with Crippen LogP contribution in [0.25, 0.3) is 11.1 Å². The van der Waals surface area contributed by atoms with Gasteiger partial charge >= 0.3 is 12.1 Å². The number of fused-ring (bicyclic) bond motifs is 3. The van der Waals surface area contributed by atoms with Crippen molar-refractivity contribution in [1.82, 2.24) is 10.6 Å². The summed E-state index contributed by atoms with van der Waals surface area (Å²) in [5, 5.41) is 23.0. The van der Waals surface area contributed by atoms with E-state index < -0.39 is 30.6 Å². The summed E-state index contributed by atoms with van der Waals surface area (Å²) in [4.78, 5) is 35.6. The number of ether oxygens (including phenoxy) is 1. The number of aliphatic hydroxyl groups excluding tert-OH is 1. The van der Waals surface area contributed by atoms with Crippen molar-refractivity contribution in [1.29, 1.82) is 0 Å². The van der Waals surface area contributed by atoms with Crippen molar-refractivity contribution in [3.63, 3.8) is 0 Å². The van der Waals surface area contributed by atoms with Crippen LogP contribution in [0.2, 0.25) is 0 Å². The van der Waals surface area contributed by atoms with Gasteiger partial charge in [-0.1, -0.05) is 62.4 Å². The highest BCUT2D eigenvalue weighted by atomic mass is 16.5. The van der Waals surface area contributed by atoms with Crippen molar-refractivity contribution in [2.75, 3.05) is 19.8 Å². The first-order valence-electron chi connectivity index (χ1n) is 11.0. The van der Waals surface area contributed by atoms with Gasteiger partial charge in [-0.25, -0.2) is 9.59 Å². The Balaban J connectivity index is 1.54. The Morgan fingerprint density at radius 3 is 2.09 bits per heavy atom. The van der Waals surface area contributed by atoms with Gasteiger partial charge in [-0.3, -0.25) is 4.79 Å². The van der Waals surface area contributed by atoms with E-state index in [0.29, 0.717) is 0 Å². The molecule has 1 unspecified atom stereocenters. The third-order valence-electron chi connectivity index (χ3n) is 6.06. The van der Waals surface area contributed by atoms with Crippen LogP contribution in [0.1, 0.15) is 37.3 Å². The molecule has 1 aliphatic rings. The summed E-state index contributed by atoms with van der Waals surface area (Å²) in [5.74, 6) is -2.00. The summed E-state index contributed by atoms with van der Waals surface area (Å²) >= 11 is 0. The molecule has 8 heteroatoms. The fraction of sp³-hybridized carbons (Fsp3) is 0.400. The first kappa shape index (κ1) is 24.3. The third kappa shape index (κ3) is 5.90. The van der Waals surface area contributed by atoms with Crippen LogP contribution in [-0.2, 0) is 14.3 Å². The second kappa shape index (κ2) is 11.0. The summed E-state index contributed by atoms with van der Waals surface area (Å²) in [7, 11) is 0. The number of aliphatic hydroxyl groups is 1. The SMILES string of the molecule is CC(C)C(CNC(=O)OCC1c2ccccc2-c2ccccc21)CC(=O)N[C@@H](CO)C(=O)O. The summed E-state index contributed by atoms with van der Waals surface area (Å²) in [6, 6.07) is 14.8. The highest BCUT2D eigenvalue weighted by molar-refractivity contribution is 5.83. The minimum atomic E-state index is -1.35. The van der Waals surface area contributed by atoms with Gasteiger partial charge in [0.25, 0.3) is 0 Å². The number of amides is 2. The van der Waals surface area contributed by atoms with Crippen LogP contribution in [-0.4, -0.2) is 54.0 Å². The number of aliphatic carboxylic acids is 1. The third-order valence-corrected chi connectivity index (χ3v) is 6.06. The second-order valence-corrected chi connectivity index (χ2v) is 8.56. The number of hydrogen-bond acceptors (Lipinski definition) is 5. The zero-order valence-electron chi connectivity index (χ0n) is 18.8. The normalized spacial score (nSPS) is 14.2. The fourth-order valence-electron chi connectivity index (χ4n) is 4.08. The number of nitrogens with one attached hydrogen (secondary N) is 2. The van der Waals surface area contributed by atoms with E-state index in [9.17, 15) is 14.4 Å². The van der Waals surface area contributed by atoms with E-state index in [1.54, 1.807) is 0 Å². The highest BCUT2D eigenvalue weighted by Gasteiger charge is 2.29. The molecule has 0 saturated heterocycles. The number of carbonyl (C=O) groups excluding carboxylic acids is 2. The lowest BCUT2D eigenvalue weighted by Gasteiger charge is -2.22. The van der Waals surface area contributed by atoms with Gasteiger partial charge in [-0.05, 0) is 34.1 Å². The Kier molecular flexibility index (Phi) is 8.06. The van der Waals surface area contributed by atoms with Gasteiger partial charge in [-0.2, -0.15) is 0 Å². The van der Waals surface area contributed by atoms with Crippen molar-refractivity contribution in [3.8, 4) is 11.1 Å². The molecule has 4 N–H and O–H groups in total. The zero-order valence-corrected chi connectivity index (χ0v) is 18.8. The predicted octanol–water partition coefficient (Wildman–Crippen LogP) is 2.75. The smallest absolute Gasteiger partial charge is 0.407 e. The van der Waals surface area contributed by atoms with Gasteiger partial charge in [0, 0.05) is 18.9 Å². The molecule has 0 radical (unpaired) electrons. The maximum atomic E-state index is 12.4. The van der Waals surface area contributed by atoms with Gasteiger partial charge in [-0.15, -0.1) is 0 Å². The molecule has 2 amide bonds. The molecule has 2 atom stereocenters. The number of hydrogen-bond donors (Lipinski definition) is 4. The lowest BCUT2D eigenvalue weighted by Crippen LogP contribution is -2.45. The topological polar surface area (TPSA) is 125 Å².